The van der Waals surface area contributed by atoms with Gasteiger partial charge in [-0.3, -0.25) is 0 Å². The van der Waals surface area contributed by atoms with Crippen molar-refractivity contribution in [2.45, 2.75) is 39.2 Å². The number of hydrogen-bond acceptors (Lipinski definition) is 4. The number of rotatable bonds is 3. The molecule has 1 saturated heterocycles. The average molecular weight is 361 g/mol. The molecule has 27 heavy (non-hydrogen) atoms. The first-order valence-electron chi connectivity index (χ1n) is 9.69. The summed E-state index contributed by atoms with van der Waals surface area (Å²) in [7, 11) is 0. The molecule has 5 heteroatoms. The van der Waals surface area contributed by atoms with Gasteiger partial charge in [0.2, 0.25) is 5.89 Å². The maximum absolute atomic E-state index is 5.99. The van der Waals surface area contributed by atoms with E-state index in [0.29, 0.717) is 11.9 Å². The summed E-state index contributed by atoms with van der Waals surface area (Å²) in [5.74, 6) is 1.71. The van der Waals surface area contributed by atoms with Crippen LogP contribution in [0.4, 0.5) is 0 Å². The number of oxazole rings is 1. The van der Waals surface area contributed by atoms with Crippen molar-refractivity contribution in [2.24, 2.45) is 0 Å². The van der Waals surface area contributed by atoms with Crippen molar-refractivity contribution in [2.75, 3.05) is 13.2 Å². The Balaban J connectivity index is 1.57. The SMILES string of the molecule is CCc1ccc2oc(-c3ccc4c(c3)nc(C)n4C3CCOCC3)nc2c1. The van der Waals surface area contributed by atoms with E-state index in [2.05, 4.69) is 48.7 Å². The van der Waals surface area contributed by atoms with Gasteiger partial charge in [-0.25, -0.2) is 9.97 Å². The fourth-order valence-corrected chi connectivity index (χ4v) is 4.07. The molecule has 0 unspecified atom stereocenters. The summed E-state index contributed by atoms with van der Waals surface area (Å²) < 4.78 is 13.9. The van der Waals surface area contributed by atoms with Gasteiger partial charge in [0, 0.05) is 24.8 Å². The average Bonchev–Trinajstić information content (AvgIpc) is 3.27. The highest BCUT2D eigenvalue weighted by atomic mass is 16.5. The molecule has 0 saturated carbocycles. The fraction of sp³-hybridized carbons (Fsp3) is 0.364. The van der Waals surface area contributed by atoms with Crippen LogP contribution in [0.15, 0.2) is 40.8 Å². The van der Waals surface area contributed by atoms with E-state index in [1.165, 1.54) is 11.1 Å². The quantitative estimate of drug-likeness (QED) is 0.511. The van der Waals surface area contributed by atoms with E-state index in [0.717, 1.165) is 60.5 Å². The lowest BCUT2D eigenvalue weighted by atomic mass is 10.1. The van der Waals surface area contributed by atoms with E-state index in [-0.39, 0.29) is 0 Å². The summed E-state index contributed by atoms with van der Waals surface area (Å²) in [6.45, 7) is 5.88. The molecule has 0 atom stereocenters. The number of nitrogens with zero attached hydrogens (tertiary/aromatic N) is 3. The van der Waals surface area contributed by atoms with Crippen molar-refractivity contribution in [1.82, 2.24) is 14.5 Å². The molecule has 2 aromatic heterocycles. The molecule has 5 rings (SSSR count). The van der Waals surface area contributed by atoms with Crippen LogP contribution in [-0.4, -0.2) is 27.7 Å². The second-order valence-corrected chi connectivity index (χ2v) is 7.25. The Hall–Kier alpha value is -2.66. The Kier molecular flexibility index (Phi) is 3.97. The molecule has 5 nitrogen and oxygen atoms in total. The predicted octanol–water partition coefficient (Wildman–Crippen LogP) is 5.07. The maximum atomic E-state index is 5.99. The molecule has 0 spiro atoms. The summed E-state index contributed by atoms with van der Waals surface area (Å²) in [5, 5.41) is 0. The van der Waals surface area contributed by atoms with E-state index in [9.17, 15) is 0 Å². The molecule has 3 heterocycles. The van der Waals surface area contributed by atoms with Gasteiger partial charge in [-0.15, -0.1) is 0 Å². The van der Waals surface area contributed by atoms with E-state index in [1.807, 2.05) is 6.07 Å². The Labute approximate surface area is 158 Å². The van der Waals surface area contributed by atoms with Gasteiger partial charge in [0.15, 0.2) is 5.58 Å². The van der Waals surface area contributed by atoms with Crippen molar-refractivity contribution >= 4 is 22.1 Å². The monoisotopic (exact) mass is 361 g/mol. The highest BCUT2D eigenvalue weighted by molar-refractivity contribution is 5.83. The minimum atomic E-state index is 0.464. The zero-order valence-electron chi connectivity index (χ0n) is 15.7. The van der Waals surface area contributed by atoms with Crippen LogP contribution < -0.4 is 0 Å². The number of aromatic nitrogens is 3. The van der Waals surface area contributed by atoms with Gasteiger partial charge in [0.1, 0.15) is 11.3 Å². The third kappa shape index (κ3) is 2.82. The van der Waals surface area contributed by atoms with Crippen molar-refractivity contribution in [3.63, 3.8) is 0 Å². The number of ether oxygens (including phenoxy) is 1. The lowest BCUT2D eigenvalue weighted by Gasteiger charge is -2.25. The fourth-order valence-electron chi connectivity index (χ4n) is 4.07. The van der Waals surface area contributed by atoms with Crippen LogP contribution in [0.3, 0.4) is 0 Å². The largest absolute Gasteiger partial charge is 0.436 e. The Morgan fingerprint density at radius 3 is 2.70 bits per heavy atom. The molecule has 1 fully saturated rings. The third-order valence-electron chi connectivity index (χ3n) is 5.53. The van der Waals surface area contributed by atoms with Gasteiger partial charge >= 0.3 is 0 Å². The minimum absolute atomic E-state index is 0.464. The van der Waals surface area contributed by atoms with Crippen molar-refractivity contribution < 1.29 is 9.15 Å². The molecule has 0 aliphatic carbocycles. The minimum Gasteiger partial charge on any atom is -0.436 e. The van der Waals surface area contributed by atoms with Crippen LogP contribution in [0.25, 0.3) is 33.6 Å². The van der Waals surface area contributed by atoms with Crippen LogP contribution in [0.1, 0.15) is 37.2 Å². The second kappa shape index (κ2) is 6.50. The highest BCUT2D eigenvalue weighted by Crippen LogP contribution is 2.31. The molecular weight excluding hydrogens is 338 g/mol. The first kappa shape index (κ1) is 16.5. The normalized spacial score (nSPS) is 15.8. The molecule has 1 aliphatic rings. The van der Waals surface area contributed by atoms with Gasteiger partial charge in [0.05, 0.1) is 11.0 Å². The zero-order valence-corrected chi connectivity index (χ0v) is 15.7. The van der Waals surface area contributed by atoms with Crippen molar-refractivity contribution in [3.05, 3.63) is 47.8 Å². The molecule has 2 aromatic carbocycles. The van der Waals surface area contributed by atoms with E-state index >= 15 is 0 Å². The lowest BCUT2D eigenvalue weighted by molar-refractivity contribution is 0.0701. The topological polar surface area (TPSA) is 53.1 Å². The number of aryl methyl sites for hydroxylation is 2. The molecular formula is C22H23N3O2. The number of hydrogen-bond donors (Lipinski definition) is 0. The first-order valence-corrected chi connectivity index (χ1v) is 9.69. The Morgan fingerprint density at radius 2 is 1.89 bits per heavy atom. The van der Waals surface area contributed by atoms with Crippen molar-refractivity contribution in [1.29, 1.82) is 0 Å². The zero-order chi connectivity index (χ0) is 18.4. The van der Waals surface area contributed by atoms with Crippen LogP contribution >= 0.6 is 0 Å². The lowest BCUT2D eigenvalue weighted by Crippen LogP contribution is -2.20. The van der Waals surface area contributed by atoms with Gasteiger partial charge in [-0.05, 0) is 62.1 Å². The molecule has 0 bridgehead atoms. The summed E-state index contributed by atoms with van der Waals surface area (Å²) in [6, 6.07) is 13.0. The molecule has 0 N–H and O–H groups in total. The van der Waals surface area contributed by atoms with E-state index < -0.39 is 0 Å². The Morgan fingerprint density at radius 1 is 1.04 bits per heavy atom. The smallest absolute Gasteiger partial charge is 0.227 e. The maximum Gasteiger partial charge on any atom is 0.227 e. The van der Waals surface area contributed by atoms with Crippen LogP contribution in [0, 0.1) is 6.92 Å². The van der Waals surface area contributed by atoms with E-state index in [4.69, 9.17) is 19.1 Å². The molecule has 1 aliphatic heterocycles. The van der Waals surface area contributed by atoms with Crippen molar-refractivity contribution in [3.8, 4) is 11.5 Å². The molecule has 0 amide bonds. The summed E-state index contributed by atoms with van der Waals surface area (Å²) in [4.78, 5) is 9.51. The first-order chi connectivity index (χ1) is 13.2. The van der Waals surface area contributed by atoms with E-state index in [1.54, 1.807) is 0 Å². The molecule has 4 aromatic rings. The van der Waals surface area contributed by atoms with Crippen LogP contribution in [0.2, 0.25) is 0 Å². The number of imidazole rings is 1. The van der Waals surface area contributed by atoms with Crippen LogP contribution in [-0.2, 0) is 11.2 Å². The van der Waals surface area contributed by atoms with Gasteiger partial charge in [-0.2, -0.15) is 0 Å². The summed E-state index contributed by atoms with van der Waals surface area (Å²) >= 11 is 0. The van der Waals surface area contributed by atoms with Gasteiger partial charge < -0.3 is 13.7 Å². The third-order valence-corrected chi connectivity index (χ3v) is 5.53. The van der Waals surface area contributed by atoms with Crippen LogP contribution in [0.5, 0.6) is 0 Å². The second-order valence-electron chi connectivity index (χ2n) is 7.25. The Bertz CT molecular complexity index is 1120. The molecule has 0 radical (unpaired) electrons. The number of fused-ring (bicyclic) bond motifs is 2. The highest BCUT2D eigenvalue weighted by Gasteiger charge is 2.20. The van der Waals surface area contributed by atoms with Gasteiger partial charge in [-0.1, -0.05) is 13.0 Å². The predicted molar refractivity (Wildman–Crippen MR) is 106 cm³/mol. The summed E-state index contributed by atoms with van der Waals surface area (Å²) in [6.07, 6.45) is 3.07. The molecule has 138 valence electrons. The summed E-state index contributed by atoms with van der Waals surface area (Å²) in [5.41, 5.74) is 6.14. The van der Waals surface area contributed by atoms with Gasteiger partial charge in [0.25, 0.3) is 0 Å². The standard InChI is InChI=1S/C22H23N3O2/c1-3-15-4-7-21-19(12-15)24-22(27-21)16-5-6-20-18(13-16)23-14(2)25(20)17-8-10-26-11-9-17/h4-7,12-13,17H,3,8-11H2,1-2H3. The number of benzene rings is 2.